The van der Waals surface area contributed by atoms with E-state index in [9.17, 15) is 4.79 Å². The Hall–Kier alpha value is -1.69. The van der Waals surface area contributed by atoms with Crippen molar-refractivity contribution in [3.63, 3.8) is 0 Å². The van der Waals surface area contributed by atoms with E-state index in [0.717, 1.165) is 31.6 Å². The van der Waals surface area contributed by atoms with Gasteiger partial charge < -0.3 is 16.0 Å². The van der Waals surface area contributed by atoms with Crippen LogP contribution < -0.4 is 16.0 Å². The maximum absolute atomic E-state index is 11.0. The number of amides is 1. The van der Waals surface area contributed by atoms with E-state index in [4.69, 9.17) is 18.0 Å². The third-order valence-electron chi connectivity index (χ3n) is 3.27. The molecule has 1 aromatic heterocycles. The van der Waals surface area contributed by atoms with Gasteiger partial charge in [0.05, 0.1) is 17.6 Å². The maximum atomic E-state index is 11.0. The van der Waals surface area contributed by atoms with Gasteiger partial charge in [0.2, 0.25) is 5.91 Å². The fraction of sp³-hybridized carbons (Fsp3) is 0.462. The van der Waals surface area contributed by atoms with Gasteiger partial charge in [-0.2, -0.15) is 0 Å². The molecule has 3 N–H and O–H groups in total. The molecule has 0 aliphatic carbocycles. The van der Waals surface area contributed by atoms with Crippen molar-refractivity contribution in [3.8, 4) is 0 Å². The minimum atomic E-state index is 0.0425. The smallest absolute Gasteiger partial charge is 0.217 e. The fourth-order valence-corrected chi connectivity index (χ4v) is 2.41. The maximum Gasteiger partial charge on any atom is 0.217 e. The van der Waals surface area contributed by atoms with Gasteiger partial charge in [-0.3, -0.25) is 9.78 Å². The molecule has 0 spiro atoms. The average molecular weight is 278 g/mol. The fourth-order valence-electron chi connectivity index (χ4n) is 2.29. The predicted octanol–water partition coefficient (Wildman–Crippen LogP) is 0.821. The molecule has 5 nitrogen and oxygen atoms in total. The van der Waals surface area contributed by atoms with Crippen LogP contribution in [0.4, 0.5) is 5.69 Å². The second kappa shape index (κ2) is 5.97. The van der Waals surface area contributed by atoms with Crippen molar-refractivity contribution < 1.29 is 4.79 Å². The van der Waals surface area contributed by atoms with Crippen LogP contribution >= 0.6 is 12.2 Å². The molecule has 0 radical (unpaired) electrons. The van der Waals surface area contributed by atoms with E-state index in [1.54, 1.807) is 13.1 Å². The second-order valence-corrected chi connectivity index (χ2v) is 5.17. The molecule has 1 aliphatic rings. The predicted molar refractivity (Wildman–Crippen MR) is 79.2 cm³/mol. The van der Waals surface area contributed by atoms with E-state index < -0.39 is 0 Å². The first-order chi connectivity index (χ1) is 9.06. The molecule has 2 heterocycles. The number of nitrogens with two attached hydrogens (primary N) is 1. The summed E-state index contributed by atoms with van der Waals surface area (Å²) in [5.41, 5.74) is 7.24. The zero-order valence-corrected chi connectivity index (χ0v) is 11.7. The summed E-state index contributed by atoms with van der Waals surface area (Å²) in [5.74, 6) is 0.0425. The lowest BCUT2D eigenvalue weighted by Crippen LogP contribution is -2.44. The topological polar surface area (TPSA) is 71.2 Å². The number of hydrogen-bond acceptors (Lipinski definition) is 4. The number of rotatable bonds is 3. The van der Waals surface area contributed by atoms with Crippen LogP contribution in [-0.4, -0.2) is 35.0 Å². The molecule has 102 valence electrons. The molecule has 0 unspecified atom stereocenters. The highest BCUT2D eigenvalue weighted by Gasteiger charge is 2.20. The zero-order valence-electron chi connectivity index (χ0n) is 10.9. The van der Waals surface area contributed by atoms with Crippen molar-refractivity contribution >= 4 is 28.8 Å². The molecule has 1 aliphatic heterocycles. The van der Waals surface area contributed by atoms with Crippen molar-refractivity contribution in [1.82, 2.24) is 10.3 Å². The Morgan fingerprint density at radius 2 is 2.16 bits per heavy atom. The number of pyridine rings is 1. The van der Waals surface area contributed by atoms with Crippen molar-refractivity contribution in [2.75, 3.05) is 18.0 Å². The standard InChI is InChI=1S/C13H18N4OS/c1-9(18)16-10-4-6-17(7-5-10)11-2-3-12(13(14)19)15-8-11/h2-3,8,10H,4-7H2,1H3,(H2,14,19)(H,16,18). The number of thiocarbonyl (C=S) groups is 1. The summed E-state index contributed by atoms with van der Waals surface area (Å²) in [6, 6.07) is 4.12. The second-order valence-electron chi connectivity index (χ2n) is 4.73. The molecule has 0 saturated carbocycles. The average Bonchev–Trinajstić information content (AvgIpc) is 2.39. The Bertz CT molecular complexity index is 466. The minimum Gasteiger partial charge on any atom is -0.388 e. The van der Waals surface area contributed by atoms with Crippen LogP contribution in [0.3, 0.4) is 0 Å². The van der Waals surface area contributed by atoms with Crippen LogP contribution in [0.25, 0.3) is 0 Å². The molecule has 0 bridgehead atoms. The number of aromatic nitrogens is 1. The van der Waals surface area contributed by atoms with Gasteiger partial charge in [0.1, 0.15) is 4.99 Å². The number of nitrogens with one attached hydrogen (secondary N) is 1. The zero-order chi connectivity index (χ0) is 13.8. The molecule has 1 saturated heterocycles. The summed E-state index contributed by atoms with van der Waals surface area (Å²) in [6.45, 7) is 3.39. The lowest BCUT2D eigenvalue weighted by Gasteiger charge is -2.33. The summed E-state index contributed by atoms with van der Waals surface area (Å²) >= 11 is 4.88. The molecular weight excluding hydrogens is 260 g/mol. The van der Waals surface area contributed by atoms with Gasteiger partial charge in [0.25, 0.3) is 0 Å². The Kier molecular flexibility index (Phi) is 4.31. The Labute approximate surface area is 118 Å². The molecule has 2 rings (SSSR count). The van der Waals surface area contributed by atoms with E-state index in [2.05, 4.69) is 15.2 Å². The minimum absolute atomic E-state index is 0.0425. The van der Waals surface area contributed by atoms with Crippen LogP contribution in [0.15, 0.2) is 18.3 Å². The molecule has 1 fully saturated rings. The third-order valence-corrected chi connectivity index (χ3v) is 3.48. The van der Waals surface area contributed by atoms with E-state index >= 15 is 0 Å². The monoisotopic (exact) mass is 278 g/mol. The number of carbonyl (C=O) groups is 1. The highest BCUT2D eigenvalue weighted by molar-refractivity contribution is 7.80. The van der Waals surface area contributed by atoms with E-state index in [1.165, 1.54) is 0 Å². The van der Waals surface area contributed by atoms with E-state index in [-0.39, 0.29) is 11.9 Å². The first kappa shape index (κ1) is 13.7. The summed E-state index contributed by atoms with van der Waals surface area (Å²) in [6.07, 6.45) is 3.71. The number of anilines is 1. The van der Waals surface area contributed by atoms with E-state index in [1.807, 2.05) is 12.1 Å². The summed E-state index contributed by atoms with van der Waals surface area (Å²) in [5, 5.41) is 2.96. The molecule has 1 amide bonds. The number of hydrogen-bond donors (Lipinski definition) is 2. The Balaban J connectivity index is 1.94. The molecule has 1 aromatic rings. The molecule has 0 atom stereocenters. The normalized spacial score (nSPS) is 16.2. The Morgan fingerprint density at radius 1 is 1.47 bits per heavy atom. The first-order valence-electron chi connectivity index (χ1n) is 6.34. The van der Waals surface area contributed by atoms with Crippen LogP contribution in [0.1, 0.15) is 25.5 Å². The van der Waals surface area contributed by atoms with Crippen molar-refractivity contribution in [3.05, 3.63) is 24.0 Å². The van der Waals surface area contributed by atoms with Gasteiger partial charge >= 0.3 is 0 Å². The van der Waals surface area contributed by atoms with Crippen LogP contribution in [0.2, 0.25) is 0 Å². The first-order valence-corrected chi connectivity index (χ1v) is 6.75. The van der Waals surface area contributed by atoms with Crippen molar-refractivity contribution in [2.24, 2.45) is 5.73 Å². The van der Waals surface area contributed by atoms with Gasteiger partial charge in [-0.15, -0.1) is 0 Å². The number of carbonyl (C=O) groups excluding carboxylic acids is 1. The lowest BCUT2D eigenvalue weighted by atomic mass is 10.0. The van der Waals surface area contributed by atoms with Gasteiger partial charge in [-0.25, -0.2) is 0 Å². The molecular formula is C13H18N4OS. The van der Waals surface area contributed by atoms with Gasteiger partial charge in [0.15, 0.2) is 0 Å². The van der Waals surface area contributed by atoms with Gasteiger partial charge in [0, 0.05) is 26.1 Å². The quantitative estimate of drug-likeness (QED) is 0.801. The highest BCUT2D eigenvalue weighted by Crippen LogP contribution is 2.19. The molecule has 6 heteroatoms. The Morgan fingerprint density at radius 3 is 2.63 bits per heavy atom. The highest BCUT2D eigenvalue weighted by atomic mass is 32.1. The number of nitrogens with zero attached hydrogens (tertiary/aromatic N) is 2. The SMILES string of the molecule is CC(=O)NC1CCN(c2ccc(C(N)=S)nc2)CC1. The van der Waals surface area contributed by atoms with Crippen molar-refractivity contribution in [2.45, 2.75) is 25.8 Å². The van der Waals surface area contributed by atoms with Crippen LogP contribution in [-0.2, 0) is 4.79 Å². The largest absolute Gasteiger partial charge is 0.388 e. The van der Waals surface area contributed by atoms with E-state index in [0.29, 0.717) is 10.7 Å². The number of piperidine rings is 1. The van der Waals surface area contributed by atoms with Crippen molar-refractivity contribution in [1.29, 1.82) is 0 Å². The van der Waals surface area contributed by atoms with Crippen LogP contribution in [0.5, 0.6) is 0 Å². The molecule has 19 heavy (non-hydrogen) atoms. The summed E-state index contributed by atoms with van der Waals surface area (Å²) in [4.78, 5) is 17.8. The van der Waals surface area contributed by atoms with Gasteiger partial charge in [-0.05, 0) is 25.0 Å². The molecule has 0 aromatic carbocycles. The van der Waals surface area contributed by atoms with Gasteiger partial charge in [-0.1, -0.05) is 12.2 Å². The van der Waals surface area contributed by atoms with Crippen LogP contribution in [0, 0.1) is 0 Å². The summed E-state index contributed by atoms with van der Waals surface area (Å²) < 4.78 is 0. The lowest BCUT2D eigenvalue weighted by molar-refractivity contribution is -0.119. The summed E-state index contributed by atoms with van der Waals surface area (Å²) in [7, 11) is 0. The third kappa shape index (κ3) is 3.64.